The van der Waals surface area contributed by atoms with Crippen molar-refractivity contribution in [3.8, 4) is 0 Å². The molecule has 1 aliphatic heterocycles. The second-order valence-corrected chi connectivity index (χ2v) is 8.39. The van der Waals surface area contributed by atoms with Crippen molar-refractivity contribution in [2.75, 3.05) is 41.8 Å². The van der Waals surface area contributed by atoms with Gasteiger partial charge in [-0.25, -0.2) is 14.8 Å². The highest BCUT2D eigenvalue weighted by atomic mass is 16.5. The van der Waals surface area contributed by atoms with E-state index in [-0.39, 0.29) is 11.5 Å². The minimum Gasteiger partial charge on any atom is -0.478 e. The summed E-state index contributed by atoms with van der Waals surface area (Å²) in [7, 11) is 0. The molecule has 1 aromatic heterocycles. The molecule has 5 rings (SSSR count). The summed E-state index contributed by atoms with van der Waals surface area (Å²) in [6.07, 6.45) is 1.35. The Morgan fingerprint density at radius 3 is 2.61 bits per heavy atom. The highest BCUT2D eigenvalue weighted by Crippen LogP contribution is 2.23. The number of carbonyl (C=O) groups is 2. The molecule has 2 heterocycles. The largest absolute Gasteiger partial charge is 0.478 e. The van der Waals surface area contributed by atoms with Crippen LogP contribution in [0.5, 0.6) is 0 Å². The van der Waals surface area contributed by atoms with Gasteiger partial charge >= 0.3 is 5.97 Å². The molecule has 4 aromatic rings. The first-order valence-corrected chi connectivity index (χ1v) is 11.6. The Kier molecular flexibility index (Phi) is 6.72. The Bertz CT molecular complexity index is 1420. The number of amides is 1. The molecule has 0 atom stereocenters. The Hall–Kier alpha value is -4.50. The van der Waals surface area contributed by atoms with Crippen LogP contribution < -0.4 is 15.5 Å². The van der Waals surface area contributed by atoms with Crippen LogP contribution in [0.3, 0.4) is 0 Å². The summed E-state index contributed by atoms with van der Waals surface area (Å²) < 4.78 is 5.42. The summed E-state index contributed by atoms with van der Waals surface area (Å²) in [5.41, 5.74) is 3.70. The van der Waals surface area contributed by atoms with E-state index in [2.05, 4.69) is 25.5 Å². The zero-order chi connectivity index (χ0) is 24.9. The van der Waals surface area contributed by atoms with Crippen molar-refractivity contribution in [2.45, 2.75) is 6.54 Å². The summed E-state index contributed by atoms with van der Waals surface area (Å²) in [4.78, 5) is 35.1. The van der Waals surface area contributed by atoms with Gasteiger partial charge in [-0.15, -0.1) is 0 Å². The number of carboxylic acids is 1. The molecule has 3 N–H and O–H groups in total. The van der Waals surface area contributed by atoms with Gasteiger partial charge in [-0.05, 0) is 48.0 Å². The van der Waals surface area contributed by atoms with Gasteiger partial charge in [-0.1, -0.05) is 24.3 Å². The molecule has 3 aromatic carbocycles. The van der Waals surface area contributed by atoms with Crippen molar-refractivity contribution in [3.05, 3.63) is 89.7 Å². The number of anilines is 3. The molecule has 1 saturated heterocycles. The summed E-state index contributed by atoms with van der Waals surface area (Å²) in [6, 6.07) is 20.1. The minimum absolute atomic E-state index is 0.125. The minimum atomic E-state index is -1.04. The molecular weight excluding hydrogens is 458 g/mol. The number of morpholine rings is 1. The van der Waals surface area contributed by atoms with E-state index in [1.807, 2.05) is 42.5 Å². The summed E-state index contributed by atoms with van der Waals surface area (Å²) >= 11 is 0. The van der Waals surface area contributed by atoms with E-state index in [0.717, 1.165) is 24.3 Å². The molecule has 1 amide bonds. The lowest BCUT2D eigenvalue weighted by Gasteiger charge is -2.29. The van der Waals surface area contributed by atoms with E-state index in [9.17, 15) is 14.7 Å². The molecule has 9 heteroatoms. The Morgan fingerprint density at radius 2 is 1.78 bits per heavy atom. The lowest BCUT2D eigenvalue weighted by molar-refractivity contribution is 0.0698. The molecule has 0 unspecified atom stereocenters. The fourth-order valence-corrected chi connectivity index (χ4v) is 4.21. The molecule has 0 aliphatic carbocycles. The number of fused-ring (bicyclic) bond motifs is 1. The number of hydrogen-bond acceptors (Lipinski definition) is 7. The second kappa shape index (κ2) is 10.4. The average Bonchev–Trinajstić information content (AvgIpc) is 2.92. The van der Waals surface area contributed by atoms with Crippen molar-refractivity contribution >= 4 is 40.0 Å². The van der Waals surface area contributed by atoms with Crippen molar-refractivity contribution < 1.29 is 19.4 Å². The van der Waals surface area contributed by atoms with Crippen LogP contribution >= 0.6 is 0 Å². The molecule has 0 spiro atoms. The third-order valence-electron chi connectivity index (χ3n) is 6.02. The van der Waals surface area contributed by atoms with Gasteiger partial charge in [0.05, 0.1) is 24.3 Å². The quantitative estimate of drug-likeness (QED) is 0.361. The Balaban J connectivity index is 1.28. The number of ether oxygens (including phenoxy) is 1. The first kappa shape index (κ1) is 23.3. The number of hydrogen-bond donors (Lipinski definition) is 3. The maximum Gasteiger partial charge on any atom is 0.337 e. The fourth-order valence-electron chi connectivity index (χ4n) is 4.21. The van der Waals surface area contributed by atoms with E-state index in [1.165, 1.54) is 12.4 Å². The number of aromatic nitrogens is 2. The fraction of sp³-hybridized carbons (Fsp3) is 0.185. The van der Waals surface area contributed by atoms with Crippen LogP contribution in [-0.2, 0) is 11.3 Å². The standard InChI is InChI=1S/C27H25N5O4/c33-26(19-5-2-7-21(15-19)32-10-12-36-13-11-32)31-20-6-1-4-18(14-20)16-28-25-22-8-3-9-23(27(34)35)24(22)29-17-30-25/h1-9,14-15,17H,10-13,16H2,(H,31,33)(H,34,35)(H,28,29,30). The van der Waals surface area contributed by atoms with Gasteiger partial charge < -0.3 is 25.4 Å². The van der Waals surface area contributed by atoms with E-state index >= 15 is 0 Å². The summed E-state index contributed by atoms with van der Waals surface area (Å²) in [5, 5.41) is 16.3. The molecule has 182 valence electrons. The van der Waals surface area contributed by atoms with Crippen LogP contribution in [0.15, 0.2) is 73.1 Å². The smallest absolute Gasteiger partial charge is 0.337 e. The Morgan fingerprint density at radius 1 is 0.972 bits per heavy atom. The van der Waals surface area contributed by atoms with Gasteiger partial charge in [0.1, 0.15) is 12.1 Å². The van der Waals surface area contributed by atoms with Crippen molar-refractivity contribution in [2.24, 2.45) is 0 Å². The molecule has 0 saturated carbocycles. The second-order valence-electron chi connectivity index (χ2n) is 8.39. The van der Waals surface area contributed by atoms with Gasteiger partial charge in [0.25, 0.3) is 5.91 Å². The summed E-state index contributed by atoms with van der Waals surface area (Å²) in [6.45, 7) is 3.41. The maximum atomic E-state index is 12.9. The monoisotopic (exact) mass is 483 g/mol. The van der Waals surface area contributed by atoms with E-state index < -0.39 is 5.97 Å². The number of carbonyl (C=O) groups excluding carboxylic acids is 1. The van der Waals surface area contributed by atoms with E-state index in [0.29, 0.717) is 47.7 Å². The lowest BCUT2D eigenvalue weighted by atomic mass is 10.1. The number of nitrogens with zero attached hydrogens (tertiary/aromatic N) is 3. The highest BCUT2D eigenvalue weighted by Gasteiger charge is 2.15. The first-order chi connectivity index (χ1) is 17.6. The van der Waals surface area contributed by atoms with Gasteiger partial charge in [0.2, 0.25) is 0 Å². The molecule has 1 aliphatic rings. The third kappa shape index (κ3) is 5.11. The third-order valence-corrected chi connectivity index (χ3v) is 6.02. The van der Waals surface area contributed by atoms with Crippen molar-refractivity contribution in [1.82, 2.24) is 9.97 Å². The number of benzene rings is 3. The maximum absolute atomic E-state index is 12.9. The number of nitrogens with one attached hydrogen (secondary N) is 2. The topological polar surface area (TPSA) is 117 Å². The molecule has 1 fully saturated rings. The van der Waals surface area contributed by atoms with Crippen LogP contribution in [-0.4, -0.2) is 53.3 Å². The Labute approximate surface area is 207 Å². The molecule has 0 bridgehead atoms. The predicted molar refractivity (Wildman–Crippen MR) is 138 cm³/mol. The van der Waals surface area contributed by atoms with Crippen LogP contribution in [0.2, 0.25) is 0 Å². The van der Waals surface area contributed by atoms with Gasteiger partial charge in [-0.2, -0.15) is 0 Å². The number of para-hydroxylation sites is 1. The van der Waals surface area contributed by atoms with Crippen LogP contribution in [0, 0.1) is 0 Å². The van der Waals surface area contributed by atoms with Gasteiger partial charge in [-0.3, -0.25) is 4.79 Å². The number of aromatic carboxylic acids is 1. The lowest BCUT2D eigenvalue weighted by Crippen LogP contribution is -2.36. The zero-order valence-corrected chi connectivity index (χ0v) is 19.5. The normalized spacial score (nSPS) is 13.4. The number of rotatable bonds is 7. The average molecular weight is 484 g/mol. The molecule has 0 radical (unpaired) electrons. The van der Waals surface area contributed by atoms with E-state index in [1.54, 1.807) is 18.2 Å². The molecule has 9 nitrogen and oxygen atoms in total. The highest BCUT2D eigenvalue weighted by molar-refractivity contribution is 6.05. The van der Waals surface area contributed by atoms with Crippen molar-refractivity contribution in [1.29, 1.82) is 0 Å². The van der Waals surface area contributed by atoms with E-state index in [4.69, 9.17) is 4.74 Å². The van der Waals surface area contributed by atoms with Crippen molar-refractivity contribution in [3.63, 3.8) is 0 Å². The predicted octanol–water partition coefficient (Wildman–Crippen LogP) is 4.03. The number of carboxylic acid groups (broad SMARTS) is 1. The SMILES string of the molecule is O=C(Nc1cccc(CNc2ncnc3c(C(=O)O)cccc23)c1)c1cccc(N2CCOCC2)c1. The van der Waals surface area contributed by atoms with Gasteiger partial charge in [0, 0.05) is 42.0 Å². The van der Waals surface area contributed by atoms with Crippen LogP contribution in [0.25, 0.3) is 10.9 Å². The molecular formula is C27H25N5O4. The van der Waals surface area contributed by atoms with Crippen LogP contribution in [0.4, 0.5) is 17.2 Å². The van der Waals surface area contributed by atoms with Crippen LogP contribution in [0.1, 0.15) is 26.3 Å². The zero-order valence-electron chi connectivity index (χ0n) is 19.5. The summed E-state index contributed by atoms with van der Waals surface area (Å²) in [5.74, 6) is -0.681. The van der Waals surface area contributed by atoms with Gasteiger partial charge in [0.15, 0.2) is 0 Å². The molecule has 36 heavy (non-hydrogen) atoms. The first-order valence-electron chi connectivity index (χ1n) is 11.6.